The second kappa shape index (κ2) is 10.5. The van der Waals surface area contributed by atoms with Crippen LogP contribution in [0.2, 0.25) is 0 Å². The maximum atomic E-state index is 13.0. The standard InChI is InChI=1S/C19H23F6N3O2S/c20-18(21,22)12-9-13(19(23,24)25)11-14(10-12)26-17(31)27-15-3-1-2-4-16(15)28(5-7-29)6-8-30/h4,9-11,15,29-30H,1-3,5-8H2,(H2,26,27,31)/t15-/m1/s1. The number of hydrogen-bond acceptors (Lipinski definition) is 4. The normalized spacial score (nSPS) is 17.2. The zero-order valence-corrected chi connectivity index (χ0v) is 17.2. The number of nitrogens with zero attached hydrogens (tertiary/aromatic N) is 1. The maximum absolute atomic E-state index is 13.0. The lowest BCUT2D eigenvalue weighted by molar-refractivity contribution is -0.143. The SMILES string of the molecule is OCCN(CCO)C1=CCCC[C@H]1NC(=S)Nc1cc(C(F)(F)F)cc(C(F)(F)F)c1. The lowest BCUT2D eigenvalue weighted by Crippen LogP contribution is -2.46. The largest absolute Gasteiger partial charge is 0.416 e. The Balaban J connectivity index is 2.21. The van der Waals surface area contributed by atoms with Gasteiger partial charge in [0.25, 0.3) is 0 Å². The molecule has 0 aliphatic heterocycles. The second-order valence-corrected chi connectivity index (χ2v) is 7.35. The predicted molar refractivity (Wildman–Crippen MR) is 107 cm³/mol. The van der Waals surface area contributed by atoms with Crippen LogP contribution in [0.25, 0.3) is 0 Å². The van der Waals surface area contributed by atoms with E-state index >= 15 is 0 Å². The molecule has 0 radical (unpaired) electrons. The molecule has 0 heterocycles. The molecule has 31 heavy (non-hydrogen) atoms. The van der Waals surface area contributed by atoms with E-state index in [0.717, 1.165) is 18.5 Å². The van der Waals surface area contributed by atoms with E-state index in [9.17, 15) is 36.6 Å². The first kappa shape index (κ1) is 25.2. The van der Waals surface area contributed by atoms with E-state index in [4.69, 9.17) is 12.2 Å². The summed E-state index contributed by atoms with van der Waals surface area (Å²) in [6, 6.07) is 0.792. The van der Waals surface area contributed by atoms with Gasteiger partial charge in [0, 0.05) is 24.5 Å². The summed E-state index contributed by atoms with van der Waals surface area (Å²) in [5.41, 5.74) is -2.58. The molecule has 1 aliphatic rings. The summed E-state index contributed by atoms with van der Waals surface area (Å²) in [5, 5.41) is 23.7. The minimum Gasteiger partial charge on any atom is -0.395 e. The molecule has 1 atom stereocenters. The number of thiocarbonyl (C=S) groups is 1. The molecule has 0 amide bonds. The Bertz CT molecular complexity index is 760. The summed E-state index contributed by atoms with van der Waals surface area (Å²) < 4.78 is 78.2. The van der Waals surface area contributed by atoms with Gasteiger partial charge in [-0.05, 0) is 49.7 Å². The van der Waals surface area contributed by atoms with E-state index in [2.05, 4.69) is 10.6 Å². The fourth-order valence-electron chi connectivity index (χ4n) is 3.32. The van der Waals surface area contributed by atoms with E-state index in [1.165, 1.54) is 0 Å². The monoisotopic (exact) mass is 471 g/mol. The number of aliphatic hydroxyl groups excluding tert-OH is 2. The number of halogens is 6. The highest BCUT2D eigenvalue weighted by Gasteiger charge is 2.37. The van der Waals surface area contributed by atoms with Crippen molar-refractivity contribution in [3.05, 3.63) is 41.1 Å². The van der Waals surface area contributed by atoms with Gasteiger partial charge >= 0.3 is 12.4 Å². The molecule has 4 N–H and O–H groups in total. The van der Waals surface area contributed by atoms with Gasteiger partial charge in [0.05, 0.1) is 30.4 Å². The number of aliphatic hydroxyl groups is 2. The van der Waals surface area contributed by atoms with Crippen LogP contribution in [-0.4, -0.2) is 52.6 Å². The molecule has 2 rings (SSSR count). The van der Waals surface area contributed by atoms with Crippen LogP contribution in [0, 0.1) is 0 Å². The highest BCUT2D eigenvalue weighted by atomic mass is 32.1. The number of alkyl halides is 6. The topological polar surface area (TPSA) is 67.8 Å². The molecule has 0 bridgehead atoms. The van der Waals surface area contributed by atoms with E-state index < -0.39 is 29.2 Å². The fourth-order valence-corrected chi connectivity index (χ4v) is 3.58. The van der Waals surface area contributed by atoms with Crippen LogP contribution in [-0.2, 0) is 12.4 Å². The van der Waals surface area contributed by atoms with Crippen molar-refractivity contribution in [2.45, 2.75) is 37.7 Å². The first-order valence-electron chi connectivity index (χ1n) is 9.49. The average Bonchev–Trinajstić information content (AvgIpc) is 2.66. The molecular formula is C19H23F6N3O2S. The summed E-state index contributed by atoms with van der Waals surface area (Å²) in [6.07, 6.45) is -5.86. The van der Waals surface area contributed by atoms with Crippen molar-refractivity contribution in [3.8, 4) is 0 Å². The molecule has 1 aromatic rings. The van der Waals surface area contributed by atoms with E-state index in [0.29, 0.717) is 18.6 Å². The van der Waals surface area contributed by atoms with Crippen LogP contribution in [0.5, 0.6) is 0 Å². The summed E-state index contributed by atoms with van der Waals surface area (Å²) in [7, 11) is 0. The zero-order valence-electron chi connectivity index (χ0n) is 16.4. The Hall–Kier alpha value is -2.05. The first-order valence-corrected chi connectivity index (χ1v) is 9.90. The van der Waals surface area contributed by atoms with Gasteiger partial charge in [-0.15, -0.1) is 0 Å². The first-order chi connectivity index (χ1) is 14.5. The molecular weight excluding hydrogens is 448 g/mol. The smallest absolute Gasteiger partial charge is 0.395 e. The Morgan fingerprint density at radius 1 is 1.00 bits per heavy atom. The van der Waals surface area contributed by atoms with Gasteiger partial charge in [-0.2, -0.15) is 26.3 Å². The summed E-state index contributed by atoms with van der Waals surface area (Å²) >= 11 is 5.13. The number of rotatable bonds is 7. The van der Waals surface area contributed by atoms with Crippen LogP contribution in [0.4, 0.5) is 32.0 Å². The van der Waals surface area contributed by atoms with E-state index in [-0.39, 0.29) is 43.5 Å². The molecule has 0 saturated heterocycles. The molecule has 174 valence electrons. The molecule has 0 unspecified atom stereocenters. The Morgan fingerprint density at radius 3 is 2.03 bits per heavy atom. The van der Waals surface area contributed by atoms with E-state index in [1.54, 1.807) is 4.90 Å². The summed E-state index contributed by atoms with van der Waals surface area (Å²) in [5.74, 6) is 0. The van der Waals surface area contributed by atoms with Crippen molar-refractivity contribution in [1.29, 1.82) is 0 Å². The highest BCUT2D eigenvalue weighted by Crippen LogP contribution is 2.37. The van der Waals surface area contributed by atoms with Crippen molar-refractivity contribution < 1.29 is 36.6 Å². The minimum absolute atomic E-state index is 0.0469. The van der Waals surface area contributed by atoms with Crippen molar-refractivity contribution in [2.75, 3.05) is 31.6 Å². The van der Waals surface area contributed by atoms with Crippen LogP contribution < -0.4 is 10.6 Å². The van der Waals surface area contributed by atoms with Gasteiger partial charge < -0.3 is 25.7 Å². The highest BCUT2D eigenvalue weighted by molar-refractivity contribution is 7.80. The average molecular weight is 471 g/mol. The fraction of sp³-hybridized carbons (Fsp3) is 0.526. The van der Waals surface area contributed by atoms with Gasteiger partial charge in [0.15, 0.2) is 5.11 Å². The van der Waals surface area contributed by atoms with Crippen LogP contribution in [0.3, 0.4) is 0 Å². The lowest BCUT2D eigenvalue weighted by atomic mass is 9.98. The Morgan fingerprint density at radius 2 is 1.55 bits per heavy atom. The Labute approximate surface area is 180 Å². The summed E-state index contributed by atoms with van der Waals surface area (Å²) in [4.78, 5) is 1.76. The number of benzene rings is 1. The molecule has 0 fully saturated rings. The quantitative estimate of drug-likeness (QED) is 0.359. The van der Waals surface area contributed by atoms with Gasteiger partial charge in [0.1, 0.15) is 0 Å². The van der Waals surface area contributed by atoms with Crippen molar-refractivity contribution in [2.24, 2.45) is 0 Å². The van der Waals surface area contributed by atoms with Gasteiger partial charge in [-0.3, -0.25) is 0 Å². The van der Waals surface area contributed by atoms with Crippen molar-refractivity contribution in [1.82, 2.24) is 10.2 Å². The van der Waals surface area contributed by atoms with Crippen LogP contribution in [0.15, 0.2) is 30.0 Å². The third-order valence-electron chi connectivity index (χ3n) is 4.66. The van der Waals surface area contributed by atoms with Crippen LogP contribution in [0.1, 0.15) is 30.4 Å². The lowest BCUT2D eigenvalue weighted by Gasteiger charge is -2.35. The van der Waals surface area contributed by atoms with Gasteiger partial charge in [-0.25, -0.2) is 0 Å². The number of hydrogen-bond donors (Lipinski definition) is 4. The molecule has 0 saturated carbocycles. The molecule has 1 aliphatic carbocycles. The van der Waals surface area contributed by atoms with Crippen LogP contribution >= 0.6 is 12.2 Å². The Kier molecular flexibility index (Phi) is 8.55. The third kappa shape index (κ3) is 7.25. The van der Waals surface area contributed by atoms with E-state index in [1.807, 2.05) is 6.08 Å². The van der Waals surface area contributed by atoms with Crippen molar-refractivity contribution >= 4 is 23.0 Å². The number of nitrogens with one attached hydrogen (secondary N) is 2. The zero-order chi connectivity index (χ0) is 23.2. The van der Waals surface area contributed by atoms with Gasteiger partial charge in [0.2, 0.25) is 0 Å². The molecule has 0 spiro atoms. The third-order valence-corrected chi connectivity index (χ3v) is 4.88. The molecule has 5 nitrogen and oxygen atoms in total. The molecule has 1 aromatic carbocycles. The second-order valence-electron chi connectivity index (χ2n) is 6.94. The van der Waals surface area contributed by atoms with Gasteiger partial charge in [-0.1, -0.05) is 6.08 Å². The maximum Gasteiger partial charge on any atom is 0.416 e. The number of anilines is 1. The van der Waals surface area contributed by atoms with Crippen molar-refractivity contribution in [3.63, 3.8) is 0 Å². The molecule has 0 aromatic heterocycles. The number of allylic oxidation sites excluding steroid dienone is 1. The minimum atomic E-state index is -4.96. The molecule has 12 heteroatoms. The predicted octanol–water partition coefficient (Wildman–Crippen LogP) is 3.73. The summed E-state index contributed by atoms with van der Waals surface area (Å²) in [6.45, 7) is 0.203.